The molecule has 1 rings (SSSR count). The Morgan fingerprint density at radius 3 is 2.92 bits per heavy atom. The Kier molecular flexibility index (Phi) is 4.15. The van der Waals surface area contributed by atoms with Crippen molar-refractivity contribution in [3.63, 3.8) is 0 Å². The second-order valence-electron chi connectivity index (χ2n) is 3.25. The smallest absolute Gasteiger partial charge is 0.305 e. The third-order valence-electron chi connectivity index (χ3n) is 2.34. The van der Waals surface area contributed by atoms with Crippen LogP contribution in [0, 0.1) is 5.92 Å². The molecule has 1 saturated heterocycles. The number of hydrogen-bond donors (Lipinski definition) is 0. The van der Waals surface area contributed by atoms with Crippen LogP contribution in [0.25, 0.3) is 0 Å². The molecule has 0 spiro atoms. The van der Waals surface area contributed by atoms with E-state index in [0.717, 1.165) is 0 Å². The Morgan fingerprint density at radius 1 is 1.54 bits per heavy atom. The summed E-state index contributed by atoms with van der Waals surface area (Å²) in [7, 11) is 1.32. The first-order valence-electron chi connectivity index (χ1n) is 4.52. The molecule has 0 aliphatic carbocycles. The second kappa shape index (κ2) is 5.17. The minimum atomic E-state index is -0.929. The van der Waals surface area contributed by atoms with Crippen molar-refractivity contribution in [2.24, 2.45) is 5.92 Å². The van der Waals surface area contributed by atoms with Gasteiger partial charge in [-0.15, -0.1) is 0 Å². The zero-order valence-corrected chi connectivity index (χ0v) is 7.79. The lowest BCUT2D eigenvalue weighted by atomic mass is 9.95. The fraction of sp³-hybridized carbons (Fsp3) is 0.889. The van der Waals surface area contributed by atoms with Gasteiger partial charge in [-0.2, -0.15) is 0 Å². The molecule has 1 aliphatic rings. The number of methoxy groups -OCH3 is 1. The molecule has 0 bridgehead atoms. The van der Waals surface area contributed by atoms with Gasteiger partial charge in [0.1, 0.15) is 6.17 Å². The quantitative estimate of drug-likeness (QED) is 0.616. The standard InChI is InChI=1S/C9H15FO3/c1-12-9(11)6-7-2-4-13-5-3-8(7)10/h7-8H,2-6H2,1H3/t7-,8+/m0/s1. The zero-order chi connectivity index (χ0) is 9.68. The second-order valence-corrected chi connectivity index (χ2v) is 3.25. The molecule has 13 heavy (non-hydrogen) atoms. The molecule has 2 atom stereocenters. The largest absolute Gasteiger partial charge is 0.469 e. The lowest BCUT2D eigenvalue weighted by Gasteiger charge is -2.15. The molecule has 0 N–H and O–H groups in total. The summed E-state index contributed by atoms with van der Waals surface area (Å²) in [5, 5.41) is 0. The minimum Gasteiger partial charge on any atom is -0.469 e. The van der Waals surface area contributed by atoms with Crippen LogP contribution in [-0.2, 0) is 14.3 Å². The van der Waals surface area contributed by atoms with Gasteiger partial charge < -0.3 is 9.47 Å². The van der Waals surface area contributed by atoms with Crippen molar-refractivity contribution < 1.29 is 18.7 Å². The van der Waals surface area contributed by atoms with Crippen LogP contribution in [0.4, 0.5) is 4.39 Å². The summed E-state index contributed by atoms with van der Waals surface area (Å²) in [5.41, 5.74) is 0. The molecule has 0 saturated carbocycles. The van der Waals surface area contributed by atoms with Gasteiger partial charge in [0.25, 0.3) is 0 Å². The van der Waals surface area contributed by atoms with E-state index in [-0.39, 0.29) is 18.3 Å². The third-order valence-corrected chi connectivity index (χ3v) is 2.34. The van der Waals surface area contributed by atoms with Gasteiger partial charge >= 0.3 is 5.97 Å². The molecule has 1 aliphatic heterocycles. The van der Waals surface area contributed by atoms with Crippen molar-refractivity contribution >= 4 is 5.97 Å². The fourth-order valence-electron chi connectivity index (χ4n) is 1.48. The van der Waals surface area contributed by atoms with Crippen LogP contribution in [0.1, 0.15) is 19.3 Å². The van der Waals surface area contributed by atoms with Crippen LogP contribution >= 0.6 is 0 Å². The fourth-order valence-corrected chi connectivity index (χ4v) is 1.48. The number of carbonyl (C=O) groups excluding carboxylic acids is 1. The van der Waals surface area contributed by atoms with Crippen molar-refractivity contribution in [2.75, 3.05) is 20.3 Å². The highest BCUT2D eigenvalue weighted by molar-refractivity contribution is 5.69. The summed E-state index contributed by atoms with van der Waals surface area (Å²) >= 11 is 0. The average molecular weight is 190 g/mol. The van der Waals surface area contributed by atoms with E-state index < -0.39 is 6.17 Å². The van der Waals surface area contributed by atoms with Crippen molar-refractivity contribution in [3.8, 4) is 0 Å². The number of alkyl halides is 1. The molecule has 0 aromatic rings. The number of esters is 1. The predicted molar refractivity (Wildman–Crippen MR) is 45.1 cm³/mol. The van der Waals surface area contributed by atoms with Gasteiger partial charge in [0.15, 0.2) is 0 Å². The number of ether oxygens (including phenoxy) is 2. The van der Waals surface area contributed by atoms with Gasteiger partial charge in [-0.25, -0.2) is 4.39 Å². The summed E-state index contributed by atoms with van der Waals surface area (Å²) in [4.78, 5) is 10.9. The Balaban J connectivity index is 2.40. The lowest BCUT2D eigenvalue weighted by Crippen LogP contribution is -2.20. The first kappa shape index (κ1) is 10.4. The molecule has 1 heterocycles. The van der Waals surface area contributed by atoms with Crippen LogP contribution in [-0.4, -0.2) is 32.5 Å². The highest BCUT2D eigenvalue weighted by atomic mass is 19.1. The van der Waals surface area contributed by atoms with Crippen LogP contribution in [0.15, 0.2) is 0 Å². The predicted octanol–water partition coefficient (Wildman–Crippen LogP) is 1.31. The van der Waals surface area contributed by atoms with E-state index >= 15 is 0 Å². The Morgan fingerprint density at radius 2 is 2.23 bits per heavy atom. The average Bonchev–Trinajstić information content (AvgIpc) is 2.32. The van der Waals surface area contributed by atoms with E-state index in [1.165, 1.54) is 7.11 Å². The summed E-state index contributed by atoms with van der Waals surface area (Å²) in [6.07, 6.45) is 0.237. The Bertz CT molecular complexity index is 172. The SMILES string of the molecule is COC(=O)C[C@@H]1CCOCC[C@H]1F. The minimum absolute atomic E-state index is 0.168. The highest BCUT2D eigenvalue weighted by Crippen LogP contribution is 2.23. The van der Waals surface area contributed by atoms with E-state index in [2.05, 4.69) is 4.74 Å². The normalized spacial score (nSPS) is 29.4. The van der Waals surface area contributed by atoms with Gasteiger partial charge in [-0.3, -0.25) is 4.79 Å². The summed E-state index contributed by atoms with van der Waals surface area (Å²) in [5.74, 6) is -0.565. The van der Waals surface area contributed by atoms with Crippen LogP contribution in [0.5, 0.6) is 0 Å². The van der Waals surface area contributed by atoms with Gasteiger partial charge in [0, 0.05) is 25.6 Å². The van der Waals surface area contributed by atoms with Crippen LogP contribution in [0.3, 0.4) is 0 Å². The van der Waals surface area contributed by atoms with E-state index in [1.807, 2.05) is 0 Å². The maximum Gasteiger partial charge on any atom is 0.305 e. The zero-order valence-electron chi connectivity index (χ0n) is 7.79. The number of halogens is 1. The maximum absolute atomic E-state index is 13.3. The highest BCUT2D eigenvalue weighted by Gasteiger charge is 2.26. The Hall–Kier alpha value is -0.640. The molecule has 0 unspecified atom stereocenters. The van der Waals surface area contributed by atoms with Crippen molar-refractivity contribution in [2.45, 2.75) is 25.4 Å². The van der Waals surface area contributed by atoms with E-state index in [0.29, 0.717) is 26.1 Å². The molecule has 3 nitrogen and oxygen atoms in total. The maximum atomic E-state index is 13.3. The molecule has 0 aromatic heterocycles. The monoisotopic (exact) mass is 190 g/mol. The molecule has 4 heteroatoms. The third kappa shape index (κ3) is 3.30. The van der Waals surface area contributed by atoms with Crippen molar-refractivity contribution in [1.82, 2.24) is 0 Å². The van der Waals surface area contributed by atoms with Crippen LogP contribution < -0.4 is 0 Å². The van der Waals surface area contributed by atoms with Crippen LogP contribution in [0.2, 0.25) is 0 Å². The summed E-state index contributed by atoms with van der Waals surface area (Å²) < 4.78 is 22.9. The number of rotatable bonds is 2. The first-order chi connectivity index (χ1) is 6.24. The summed E-state index contributed by atoms with van der Waals surface area (Å²) in [6.45, 7) is 1.00. The summed E-state index contributed by atoms with van der Waals surface area (Å²) in [6, 6.07) is 0. The van der Waals surface area contributed by atoms with E-state index in [4.69, 9.17) is 4.74 Å². The lowest BCUT2D eigenvalue weighted by molar-refractivity contribution is -0.142. The van der Waals surface area contributed by atoms with Gasteiger partial charge in [-0.05, 0) is 6.42 Å². The molecular weight excluding hydrogens is 175 g/mol. The van der Waals surface area contributed by atoms with Gasteiger partial charge in [0.05, 0.1) is 13.5 Å². The molecule has 0 aromatic carbocycles. The topological polar surface area (TPSA) is 35.5 Å². The van der Waals surface area contributed by atoms with Gasteiger partial charge in [0.2, 0.25) is 0 Å². The molecule has 1 fully saturated rings. The van der Waals surface area contributed by atoms with Crippen molar-refractivity contribution in [3.05, 3.63) is 0 Å². The molecule has 0 amide bonds. The van der Waals surface area contributed by atoms with E-state index in [1.54, 1.807) is 0 Å². The molecule has 0 radical (unpaired) electrons. The first-order valence-corrected chi connectivity index (χ1v) is 4.52. The van der Waals surface area contributed by atoms with Gasteiger partial charge in [-0.1, -0.05) is 0 Å². The Labute approximate surface area is 77.2 Å². The number of carbonyl (C=O) groups is 1. The molecular formula is C9H15FO3. The van der Waals surface area contributed by atoms with Crippen molar-refractivity contribution in [1.29, 1.82) is 0 Å². The van der Waals surface area contributed by atoms with E-state index in [9.17, 15) is 9.18 Å². The number of hydrogen-bond acceptors (Lipinski definition) is 3. The molecule has 76 valence electrons.